The summed E-state index contributed by atoms with van der Waals surface area (Å²) in [6, 6.07) is 0. The highest BCUT2D eigenvalue weighted by Crippen LogP contribution is 2.18. The Kier molecular flexibility index (Phi) is 27.4. The summed E-state index contributed by atoms with van der Waals surface area (Å²) in [6.45, 7) is 10.9. The van der Waals surface area contributed by atoms with Gasteiger partial charge in [0.2, 0.25) is 0 Å². The van der Waals surface area contributed by atoms with Gasteiger partial charge in [0.1, 0.15) is 6.10 Å². The van der Waals surface area contributed by atoms with Crippen LogP contribution >= 0.6 is 0 Å². The molecule has 0 aliphatic carbocycles. The highest BCUT2D eigenvalue weighted by molar-refractivity contribution is 4.67. The van der Waals surface area contributed by atoms with Crippen LogP contribution in [0.25, 0.3) is 0 Å². The normalized spacial score (nSPS) is 13.6. The first-order valence-electron chi connectivity index (χ1n) is 15.6. The standard InChI is InChI=1S/C31H65NO2/c1-6-9-12-14-16-18-19-20-21-23-25-27-31(30(4)34-32(5)28-11-8-3)33-29-26-24-22-17-15-13-10-7-2/h30-31H,6-29H2,1-5H3/t30-,31?/m0/s1. The van der Waals surface area contributed by atoms with E-state index >= 15 is 0 Å². The molecule has 34 heavy (non-hydrogen) atoms. The molecule has 0 aliphatic heterocycles. The minimum absolute atomic E-state index is 0.138. The number of ether oxygens (including phenoxy) is 1. The van der Waals surface area contributed by atoms with Crippen LogP contribution < -0.4 is 0 Å². The smallest absolute Gasteiger partial charge is 0.103 e. The van der Waals surface area contributed by atoms with Gasteiger partial charge in [-0.1, -0.05) is 143 Å². The SMILES string of the molecule is CCCCCCCCCCCCCC(OCCCCCCCCCC)[C@H](C)ON(C)CCCC. The van der Waals surface area contributed by atoms with Gasteiger partial charge in [0.25, 0.3) is 0 Å². The average Bonchev–Trinajstić information content (AvgIpc) is 2.83. The third-order valence-corrected chi connectivity index (χ3v) is 7.12. The van der Waals surface area contributed by atoms with Gasteiger partial charge in [0.05, 0.1) is 6.10 Å². The molecule has 0 aromatic carbocycles. The maximum Gasteiger partial charge on any atom is 0.103 e. The van der Waals surface area contributed by atoms with Gasteiger partial charge in [0, 0.05) is 20.2 Å². The minimum atomic E-state index is 0.138. The minimum Gasteiger partial charge on any atom is -0.375 e. The van der Waals surface area contributed by atoms with E-state index in [1.807, 2.05) is 5.06 Å². The summed E-state index contributed by atoms with van der Waals surface area (Å²) >= 11 is 0. The molecule has 0 aliphatic rings. The monoisotopic (exact) mass is 484 g/mol. The topological polar surface area (TPSA) is 21.7 Å². The molecule has 0 spiro atoms. The van der Waals surface area contributed by atoms with Crippen LogP contribution in [0.3, 0.4) is 0 Å². The van der Waals surface area contributed by atoms with Gasteiger partial charge in [-0.05, 0) is 26.2 Å². The number of rotatable bonds is 28. The summed E-state index contributed by atoms with van der Waals surface area (Å²) in [5, 5.41) is 2.03. The van der Waals surface area contributed by atoms with Gasteiger partial charge < -0.3 is 4.74 Å². The lowest BCUT2D eigenvalue weighted by Gasteiger charge is -2.28. The Bertz CT molecular complexity index is 376. The van der Waals surface area contributed by atoms with E-state index in [1.54, 1.807) is 0 Å². The lowest BCUT2D eigenvalue weighted by atomic mass is 10.0. The van der Waals surface area contributed by atoms with E-state index in [4.69, 9.17) is 9.57 Å². The van der Waals surface area contributed by atoms with E-state index in [1.165, 1.54) is 135 Å². The van der Waals surface area contributed by atoms with Crippen molar-refractivity contribution in [2.75, 3.05) is 20.2 Å². The van der Waals surface area contributed by atoms with Crippen molar-refractivity contribution in [2.45, 2.75) is 181 Å². The van der Waals surface area contributed by atoms with Gasteiger partial charge in [-0.15, -0.1) is 0 Å². The quantitative estimate of drug-likeness (QED) is 0.0815. The van der Waals surface area contributed by atoms with Crippen molar-refractivity contribution in [2.24, 2.45) is 0 Å². The highest BCUT2D eigenvalue weighted by atomic mass is 16.7. The molecule has 0 aromatic heterocycles. The molecule has 0 rings (SSSR count). The first kappa shape index (κ1) is 33.9. The van der Waals surface area contributed by atoms with Crippen LogP contribution in [0.5, 0.6) is 0 Å². The maximum absolute atomic E-state index is 6.39. The van der Waals surface area contributed by atoms with Gasteiger partial charge >= 0.3 is 0 Å². The second-order valence-corrected chi connectivity index (χ2v) is 10.7. The number of hydrogen-bond donors (Lipinski definition) is 0. The summed E-state index contributed by atoms with van der Waals surface area (Å²) in [5.41, 5.74) is 0. The molecule has 0 amide bonds. The molecule has 2 atom stereocenters. The van der Waals surface area contributed by atoms with Crippen LogP contribution in [-0.2, 0) is 9.57 Å². The molecular formula is C31H65NO2. The van der Waals surface area contributed by atoms with Gasteiger partial charge in [-0.2, -0.15) is 5.06 Å². The van der Waals surface area contributed by atoms with Crippen LogP contribution in [0.2, 0.25) is 0 Å². The number of nitrogens with zero attached hydrogens (tertiary/aromatic N) is 1. The number of hydrogen-bond acceptors (Lipinski definition) is 3. The van der Waals surface area contributed by atoms with Crippen molar-refractivity contribution in [3.05, 3.63) is 0 Å². The van der Waals surface area contributed by atoms with E-state index in [2.05, 4.69) is 34.7 Å². The summed E-state index contributed by atoms with van der Waals surface area (Å²) in [6.07, 6.45) is 30.0. The number of hydroxylamine groups is 2. The van der Waals surface area contributed by atoms with E-state index < -0.39 is 0 Å². The van der Waals surface area contributed by atoms with Crippen molar-refractivity contribution >= 4 is 0 Å². The molecule has 0 heterocycles. The van der Waals surface area contributed by atoms with Crippen LogP contribution in [0.1, 0.15) is 169 Å². The predicted molar refractivity (Wildman–Crippen MR) is 152 cm³/mol. The molecule has 0 aromatic rings. The predicted octanol–water partition coefficient (Wildman–Crippen LogP) is 10.3. The molecule has 206 valence electrons. The highest BCUT2D eigenvalue weighted by Gasteiger charge is 2.20. The molecule has 0 N–H and O–H groups in total. The van der Waals surface area contributed by atoms with E-state index in [-0.39, 0.29) is 12.2 Å². The van der Waals surface area contributed by atoms with Crippen LogP contribution in [0, 0.1) is 0 Å². The Labute approximate surface area is 216 Å². The first-order valence-corrected chi connectivity index (χ1v) is 15.6. The molecule has 3 nitrogen and oxygen atoms in total. The van der Waals surface area contributed by atoms with Gasteiger partial charge in [0.15, 0.2) is 0 Å². The first-order chi connectivity index (χ1) is 16.7. The van der Waals surface area contributed by atoms with Gasteiger partial charge in [-0.3, -0.25) is 4.84 Å². The third-order valence-electron chi connectivity index (χ3n) is 7.12. The fourth-order valence-electron chi connectivity index (χ4n) is 4.72. The van der Waals surface area contributed by atoms with Crippen molar-refractivity contribution in [1.82, 2.24) is 5.06 Å². The summed E-state index contributed by atoms with van der Waals surface area (Å²) in [5.74, 6) is 0. The van der Waals surface area contributed by atoms with E-state index in [9.17, 15) is 0 Å². The fourth-order valence-corrected chi connectivity index (χ4v) is 4.72. The molecule has 1 unspecified atom stereocenters. The lowest BCUT2D eigenvalue weighted by molar-refractivity contribution is -0.211. The molecule has 0 saturated carbocycles. The van der Waals surface area contributed by atoms with Crippen molar-refractivity contribution in [3.8, 4) is 0 Å². The Hall–Kier alpha value is -0.120. The van der Waals surface area contributed by atoms with Crippen LogP contribution in [0.15, 0.2) is 0 Å². The fraction of sp³-hybridized carbons (Fsp3) is 1.00. The summed E-state index contributed by atoms with van der Waals surface area (Å²) in [4.78, 5) is 6.21. The Morgan fingerprint density at radius 1 is 0.529 bits per heavy atom. The van der Waals surface area contributed by atoms with Crippen molar-refractivity contribution < 1.29 is 9.57 Å². The Morgan fingerprint density at radius 2 is 0.941 bits per heavy atom. The van der Waals surface area contributed by atoms with E-state index in [0.29, 0.717) is 0 Å². The Balaban J connectivity index is 4.05. The zero-order chi connectivity index (χ0) is 25.1. The molecule has 0 saturated heterocycles. The van der Waals surface area contributed by atoms with Crippen LogP contribution in [-0.4, -0.2) is 37.5 Å². The zero-order valence-corrected chi connectivity index (χ0v) is 24.4. The zero-order valence-electron chi connectivity index (χ0n) is 24.4. The molecule has 3 heteroatoms. The van der Waals surface area contributed by atoms with E-state index in [0.717, 1.165) is 19.6 Å². The maximum atomic E-state index is 6.39. The Morgan fingerprint density at radius 3 is 1.41 bits per heavy atom. The number of unbranched alkanes of at least 4 members (excludes halogenated alkanes) is 18. The van der Waals surface area contributed by atoms with Crippen molar-refractivity contribution in [1.29, 1.82) is 0 Å². The lowest BCUT2D eigenvalue weighted by Crippen LogP contribution is -2.35. The molecule has 0 radical (unpaired) electrons. The third kappa shape index (κ3) is 23.6. The van der Waals surface area contributed by atoms with Crippen LogP contribution in [0.4, 0.5) is 0 Å². The molecule has 0 fully saturated rings. The molecular weight excluding hydrogens is 418 g/mol. The summed E-state index contributed by atoms with van der Waals surface area (Å²) in [7, 11) is 2.07. The van der Waals surface area contributed by atoms with Gasteiger partial charge in [-0.25, -0.2) is 0 Å². The summed E-state index contributed by atoms with van der Waals surface area (Å²) < 4.78 is 6.39. The second kappa shape index (κ2) is 27.5. The molecule has 0 bridgehead atoms. The van der Waals surface area contributed by atoms with Crippen molar-refractivity contribution in [3.63, 3.8) is 0 Å². The second-order valence-electron chi connectivity index (χ2n) is 10.7. The average molecular weight is 484 g/mol. The largest absolute Gasteiger partial charge is 0.375 e.